The lowest BCUT2D eigenvalue weighted by Crippen LogP contribution is -2.51. The third-order valence-electron chi connectivity index (χ3n) is 4.65. The maximum absolute atomic E-state index is 5.92. The van der Waals surface area contributed by atoms with Crippen molar-refractivity contribution in [1.82, 2.24) is 5.32 Å². The quantitative estimate of drug-likeness (QED) is 0.812. The lowest BCUT2D eigenvalue weighted by molar-refractivity contribution is 0.230. The van der Waals surface area contributed by atoms with E-state index in [1.807, 2.05) is 0 Å². The highest BCUT2D eigenvalue weighted by molar-refractivity contribution is 7.99. The highest BCUT2D eigenvalue weighted by Gasteiger charge is 2.30. The van der Waals surface area contributed by atoms with Gasteiger partial charge in [0, 0.05) is 17.3 Å². The van der Waals surface area contributed by atoms with Gasteiger partial charge in [0.15, 0.2) is 0 Å². The van der Waals surface area contributed by atoms with Crippen molar-refractivity contribution >= 4 is 11.8 Å². The van der Waals surface area contributed by atoms with Gasteiger partial charge in [0.2, 0.25) is 0 Å². The van der Waals surface area contributed by atoms with E-state index in [-0.39, 0.29) is 0 Å². The topological polar surface area (TPSA) is 38.0 Å². The van der Waals surface area contributed by atoms with Crippen LogP contribution < -0.4 is 11.1 Å². The normalized spacial score (nSPS) is 39.2. The number of nitrogens with one attached hydrogen (secondary N) is 1. The van der Waals surface area contributed by atoms with Crippen LogP contribution in [0.2, 0.25) is 0 Å². The first kappa shape index (κ1) is 13.7. The van der Waals surface area contributed by atoms with Crippen LogP contribution in [0.1, 0.15) is 51.4 Å². The van der Waals surface area contributed by atoms with Crippen molar-refractivity contribution in [2.45, 2.75) is 68.7 Å². The van der Waals surface area contributed by atoms with E-state index in [0.717, 1.165) is 23.8 Å². The van der Waals surface area contributed by atoms with Crippen LogP contribution in [0.4, 0.5) is 0 Å². The van der Waals surface area contributed by atoms with Crippen molar-refractivity contribution < 1.29 is 0 Å². The molecule has 0 aromatic heterocycles. The summed E-state index contributed by atoms with van der Waals surface area (Å²) in [6.07, 6.45) is 13.3. The summed E-state index contributed by atoms with van der Waals surface area (Å²) in [5.74, 6) is 0.730. The maximum Gasteiger partial charge on any atom is 0.0198 e. The molecule has 2 rings (SSSR count). The molecule has 4 unspecified atom stereocenters. The van der Waals surface area contributed by atoms with Gasteiger partial charge in [-0.25, -0.2) is 0 Å². The van der Waals surface area contributed by atoms with Crippen LogP contribution in [-0.4, -0.2) is 30.1 Å². The van der Waals surface area contributed by atoms with E-state index in [0.29, 0.717) is 6.04 Å². The van der Waals surface area contributed by atoms with Gasteiger partial charge in [0.05, 0.1) is 0 Å². The van der Waals surface area contributed by atoms with E-state index in [2.05, 4.69) is 23.3 Å². The molecule has 3 N–H and O–H groups in total. The van der Waals surface area contributed by atoms with Crippen molar-refractivity contribution in [2.24, 2.45) is 11.7 Å². The zero-order valence-electron chi connectivity index (χ0n) is 11.2. The first-order valence-corrected chi connectivity index (χ1v) is 8.63. The monoisotopic (exact) mass is 256 g/mol. The number of hydrogen-bond acceptors (Lipinski definition) is 3. The smallest absolute Gasteiger partial charge is 0.0198 e. The molecule has 0 amide bonds. The van der Waals surface area contributed by atoms with Crippen LogP contribution in [0.5, 0.6) is 0 Å². The van der Waals surface area contributed by atoms with Crippen molar-refractivity contribution in [3.63, 3.8) is 0 Å². The van der Waals surface area contributed by atoms with Crippen molar-refractivity contribution in [1.29, 1.82) is 0 Å². The highest BCUT2D eigenvalue weighted by Crippen LogP contribution is 2.30. The summed E-state index contributed by atoms with van der Waals surface area (Å²) in [6.45, 7) is 0.869. The highest BCUT2D eigenvalue weighted by atomic mass is 32.2. The van der Waals surface area contributed by atoms with Gasteiger partial charge in [-0.05, 0) is 44.4 Å². The van der Waals surface area contributed by atoms with Crippen molar-refractivity contribution in [3.05, 3.63) is 0 Å². The van der Waals surface area contributed by atoms with Gasteiger partial charge in [-0.3, -0.25) is 0 Å². The second-order valence-electron chi connectivity index (χ2n) is 5.72. The van der Waals surface area contributed by atoms with E-state index in [1.165, 1.54) is 51.4 Å². The number of nitrogens with two attached hydrogens (primary N) is 1. The zero-order chi connectivity index (χ0) is 12.1. The molecular formula is C14H28N2S. The van der Waals surface area contributed by atoms with Gasteiger partial charge in [0.1, 0.15) is 0 Å². The molecule has 0 aromatic rings. The average molecular weight is 256 g/mol. The molecule has 2 nitrogen and oxygen atoms in total. The summed E-state index contributed by atoms with van der Waals surface area (Å²) in [4.78, 5) is 0. The Kier molecular flexibility index (Phi) is 5.64. The minimum absolute atomic E-state index is 0.700. The zero-order valence-corrected chi connectivity index (χ0v) is 12.0. The van der Waals surface area contributed by atoms with Crippen LogP contribution in [0.15, 0.2) is 0 Å². The molecule has 0 radical (unpaired) electrons. The van der Waals surface area contributed by atoms with Crippen molar-refractivity contribution in [2.75, 3.05) is 12.8 Å². The standard InChI is InChI=1S/C14H28N2S/c1-17-14-9-5-4-8-13(14)16-12-7-3-2-6-11(12)10-15/h11-14,16H,2-10,15H2,1H3. The molecule has 0 saturated heterocycles. The lowest BCUT2D eigenvalue weighted by Gasteiger charge is -2.39. The summed E-state index contributed by atoms with van der Waals surface area (Å²) in [5, 5.41) is 4.80. The van der Waals surface area contributed by atoms with Gasteiger partial charge in [-0.1, -0.05) is 25.7 Å². The van der Waals surface area contributed by atoms with Crippen molar-refractivity contribution in [3.8, 4) is 0 Å². The summed E-state index contributed by atoms with van der Waals surface area (Å²) in [6, 6.07) is 1.45. The minimum Gasteiger partial charge on any atom is -0.330 e. The summed E-state index contributed by atoms with van der Waals surface area (Å²) < 4.78 is 0. The Balaban J connectivity index is 1.88. The van der Waals surface area contributed by atoms with E-state index in [9.17, 15) is 0 Å². The Morgan fingerprint density at radius 3 is 2.35 bits per heavy atom. The maximum atomic E-state index is 5.92. The van der Waals surface area contributed by atoms with Crippen LogP contribution in [0, 0.1) is 5.92 Å². The Bertz CT molecular complexity index is 200. The molecular weight excluding hydrogens is 228 g/mol. The fraction of sp³-hybridized carbons (Fsp3) is 1.00. The van der Waals surface area contributed by atoms with Crippen LogP contribution in [0.25, 0.3) is 0 Å². The Morgan fingerprint density at radius 2 is 1.65 bits per heavy atom. The first-order chi connectivity index (χ1) is 8.35. The molecule has 100 valence electrons. The molecule has 0 bridgehead atoms. The van der Waals surface area contributed by atoms with Crippen LogP contribution in [-0.2, 0) is 0 Å². The van der Waals surface area contributed by atoms with Gasteiger partial charge in [-0.15, -0.1) is 0 Å². The number of rotatable bonds is 4. The fourth-order valence-corrected chi connectivity index (χ4v) is 4.50. The van der Waals surface area contributed by atoms with E-state index >= 15 is 0 Å². The van der Waals surface area contributed by atoms with Gasteiger partial charge in [-0.2, -0.15) is 11.8 Å². The molecule has 0 spiro atoms. The first-order valence-electron chi connectivity index (χ1n) is 7.34. The van der Waals surface area contributed by atoms with E-state index < -0.39 is 0 Å². The van der Waals surface area contributed by atoms with Gasteiger partial charge in [0.25, 0.3) is 0 Å². The molecule has 2 aliphatic carbocycles. The largest absolute Gasteiger partial charge is 0.330 e. The molecule has 3 heteroatoms. The molecule has 0 aliphatic heterocycles. The van der Waals surface area contributed by atoms with E-state index in [4.69, 9.17) is 5.73 Å². The molecule has 0 aromatic carbocycles. The molecule has 2 fully saturated rings. The Morgan fingerprint density at radius 1 is 1.00 bits per heavy atom. The molecule has 17 heavy (non-hydrogen) atoms. The predicted molar refractivity (Wildman–Crippen MR) is 77.5 cm³/mol. The molecule has 2 aliphatic rings. The Hall–Kier alpha value is 0.270. The summed E-state index contributed by atoms with van der Waals surface area (Å²) >= 11 is 2.06. The summed E-state index contributed by atoms with van der Waals surface area (Å²) in [7, 11) is 0. The second kappa shape index (κ2) is 7.01. The minimum atomic E-state index is 0.700. The van der Waals surface area contributed by atoms with Gasteiger partial charge >= 0.3 is 0 Å². The third kappa shape index (κ3) is 3.62. The molecule has 4 atom stereocenters. The summed E-state index contributed by atoms with van der Waals surface area (Å²) in [5.41, 5.74) is 5.92. The van der Waals surface area contributed by atoms with Gasteiger partial charge < -0.3 is 11.1 Å². The lowest BCUT2D eigenvalue weighted by atomic mass is 9.83. The third-order valence-corrected chi connectivity index (χ3v) is 5.82. The SMILES string of the molecule is CSC1CCCCC1NC1CCCCC1CN. The van der Waals surface area contributed by atoms with Crippen LogP contribution in [0.3, 0.4) is 0 Å². The molecule has 0 heterocycles. The number of thioether (sulfide) groups is 1. The predicted octanol–water partition coefficient (Wildman–Crippen LogP) is 2.77. The fourth-order valence-electron chi connectivity index (χ4n) is 3.55. The van der Waals surface area contributed by atoms with E-state index in [1.54, 1.807) is 0 Å². The number of hydrogen-bond donors (Lipinski definition) is 2. The second-order valence-corrected chi connectivity index (χ2v) is 6.80. The Labute approximate surface area is 110 Å². The molecule has 2 saturated carbocycles. The average Bonchev–Trinajstić information content (AvgIpc) is 2.40. The van der Waals surface area contributed by atoms with Crippen LogP contribution >= 0.6 is 11.8 Å².